The number of hydrogen-bond acceptors (Lipinski definition) is 5. The maximum atomic E-state index is 5.09. The Morgan fingerprint density at radius 3 is 2.59 bits per heavy atom. The molecule has 0 bridgehead atoms. The molecule has 2 nitrogen and oxygen atoms in total. The molecule has 17 heavy (non-hydrogen) atoms. The van der Waals surface area contributed by atoms with Crippen LogP contribution in [0, 0.1) is 3.95 Å². The Kier molecular flexibility index (Phi) is 6.55. The third-order valence-electron chi connectivity index (χ3n) is 3.05. The van der Waals surface area contributed by atoms with Crippen molar-refractivity contribution in [3.63, 3.8) is 0 Å². The molecule has 0 aliphatic heterocycles. The lowest BCUT2D eigenvalue weighted by Crippen LogP contribution is -2.29. The van der Waals surface area contributed by atoms with Gasteiger partial charge in [-0.3, -0.25) is 5.10 Å². The third-order valence-corrected chi connectivity index (χ3v) is 5.55. The SMILES string of the molecule is CCCCCCC(C)(c1n[nH]c(=S)s1)C(S)S. The molecule has 0 fully saturated rings. The van der Waals surface area contributed by atoms with Gasteiger partial charge >= 0.3 is 0 Å². The smallest absolute Gasteiger partial charge is 0.176 e. The van der Waals surface area contributed by atoms with E-state index < -0.39 is 0 Å². The van der Waals surface area contributed by atoms with Crippen LogP contribution >= 0.6 is 48.8 Å². The van der Waals surface area contributed by atoms with E-state index >= 15 is 0 Å². The summed E-state index contributed by atoms with van der Waals surface area (Å²) in [5, 5.41) is 8.17. The number of H-pyrrole nitrogens is 1. The van der Waals surface area contributed by atoms with E-state index in [2.05, 4.69) is 49.3 Å². The van der Waals surface area contributed by atoms with E-state index in [4.69, 9.17) is 12.2 Å². The molecule has 0 saturated heterocycles. The number of nitrogens with one attached hydrogen (secondary N) is 1. The van der Waals surface area contributed by atoms with E-state index in [1.807, 2.05) is 0 Å². The normalized spacial score (nSPS) is 15.1. The van der Waals surface area contributed by atoms with Crippen molar-refractivity contribution in [1.82, 2.24) is 10.2 Å². The Labute approximate surface area is 123 Å². The Bertz CT molecular complexity index is 385. The molecule has 1 rings (SSSR count). The highest BCUT2D eigenvalue weighted by Gasteiger charge is 2.34. The van der Waals surface area contributed by atoms with Gasteiger partial charge in [0.2, 0.25) is 0 Å². The number of thiol groups is 2. The van der Waals surface area contributed by atoms with Crippen LogP contribution in [0.2, 0.25) is 0 Å². The van der Waals surface area contributed by atoms with Crippen LogP contribution < -0.4 is 0 Å². The van der Waals surface area contributed by atoms with Crippen molar-refractivity contribution in [2.24, 2.45) is 0 Å². The highest BCUT2D eigenvalue weighted by atomic mass is 32.2. The lowest BCUT2D eigenvalue weighted by molar-refractivity contribution is 0.437. The van der Waals surface area contributed by atoms with Gasteiger partial charge in [-0.1, -0.05) is 50.9 Å². The zero-order valence-electron chi connectivity index (χ0n) is 10.3. The van der Waals surface area contributed by atoms with Gasteiger partial charge in [-0.15, -0.1) is 0 Å². The van der Waals surface area contributed by atoms with Crippen LogP contribution in [0.1, 0.15) is 51.0 Å². The van der Waals surface area contributed by atoms with Gasteiger partial charge in [0.1, 0.15) is 5.01 Å². The molecule has 1 aromatic heterocycles. The molecule has 1 unspecified atom stereocenters. The second kappa shape index (κ2) is 7.16. The van der Waals surface area contributed by atoms with E-state index in [1.165, 1.54) is 37.0 Å². The Morgan fingerprint density at radius 1 is 1.41 bits per heavy atom. The second-order valence-electron chi connectivity index (χ2n) is 4.52. The molecular formula is C11H20N2S4. The molecule has 1 aromatic rings. The van der Waals surface area contributed by atoms with Crippen LogP contribution in [-0.4, -0.2) is 14.8 Å². The highest BCUT2D eigenvalue weighted by molar-refractivity contribution is 7.99. The van der Waals surface area contributed by atoms with Gasteiger partial charge in [-0.05, 0) is 18.6 Å². The summed E-state index contributed by atoms with van der Waals surface area (Å²) < 4.78 is 0.708. The van der Waals surface area contributed by atoms with Crippen LogP contribution in [0.5, 0.6) is 0 Å². The van der Waals surface area contributed by atoms with Crippen molar-refractivity contribution in [2.75, 3.05) is 0 Å². The number of aromatic nitrogens is 2. The number of hydrogen-bond donors (Lipinski definition) is 3. The minimum absolute atomic E-state index is 0.0157. The van der Waals surface area contributed by atoms with Crippen LogP contribution in [0.4, 0.5) is 0 Å². The summed E-state index contributed by atoms with van der Waals surface area (Å²) in [6.07, 6.45) is 6.05. The average molecular weight is 309 g/mol. The van der Waals surface area contributed by atoms with Crippen molar-refractivity contribution in [3.05, 3.63) is 8.96 Å². The highest BCUT2D eigenvalue weighted by Crippen LogP contribution is 2.38. The third kappa shape index (κ3) is 4.26. The zero-order chi connectivity index (χ0) is 12.9. The molecule has 1 N–H and O–H groups in total. The van der Waals surface area contributed by atoms with Crippen molar-refractivity contribution in [1.29, 1.82) is 0 Å². The fourth-order valence-electron chi connectivity index (χ4n) is 1.74. The maximum Gasteiger partial charge on any atom is 0.176 e. The fraction of sp³-hybridized carbons (Fsp3) is 0.818. The Hall–Kier alpha value is 0.480. The first-order chi connectivity index (χ1) is 8.00. The predicted molar refractivity (Wildman–Crippen MR) is 85.2 cm³/mol. The van der Waals surface area contributed by atoms with Gasteiger partial charge in [-0.2, -0.15) is 30.4 Å². The van der Waals surface area contributed by atoms with Crippen molar-refractivity contribution < 1.29 is 0 Å². The standard InChI is InChI=1S/C11H20N2S4/c1-3-4-5-6-7-11(2,9(14)15)8-12-13-10(16)17-8/h9,14-15H,3-7H2,1-2H3,(H,13,16). The van der Waals surface area contributed by atoms with Gasteiger partial charge in [0.25, 0.3) is 0 Å². The predicted octanol–water partition coefficient (Wildman–Crippen LogP) is 4.61. The summed E-state index contributed by atoms with van der Waals surface area (Å²) in [4.78, 5) is 0. The van der Waals surface area contributed by atoms with E-state index in [1.54, 1.807) is 0 Å². The lowest BCUT2D eigenvalue weighted by Gasteiger charge is -2.29. The molecule has 6 heteroatoms. The first kappa shape index (κ1) is 15.5. The van der Waals surface area contributed by atoms with Crippen LogP contribution in [0.25, 0.3) is 0 Å². The molecule has 98 valence electrons. The second-order valence-corrected chi connectivity index (χ2v) is 7.63. The van der Waals surface area contributed by atoms with E-state index in [9.17, 15) is 0 Å². The van der Waals surface area contributed by atoms with E-state index in [-0.39, 0.29) is 10.00 Å². The van der Waals surface area contributed by atoms with Crippen LogP contribution in [0.15, 0.2) is 0 Å². The van der Waals surface area contributed by atoms with Gasteiger partial charge in [0.15, 0.2) is 3.95 Å². The molecule has 0 aliphatic rings. The quantitative estimate of drug-likeness (QED) is 0.297. The zero-order valence-corrected chi connectivity index (χ0v) is 13.7. The Balaban J connectivity index is 2.72. The number of nitrogens with zero attached hydrogens (tertiary/aromatic N) is 1. The molecule has 0 aliphatic carbocycles. The summed E-state index contributed by atoms with van der Waals surface area (Å²) in [5.74, 6) is 0. The first-order valence-electron chi connectivity index (χ1n) is 5.93. The molecule has 0 aromatic carbocycles. The van der Waals surface area contributed by atoms with Gasteiger partial charge < -0.3 is 0 Å². The molecule has 0 amide bonds. The van der Waals surface area contributed by atoms with Crippen LogP contribution in [0.3, 0.4) is 0 Å². The molecule has 0 radical (unpaired) electrons. The van der Waals surface area contributed by atoms with Crippen LogP contribution in [-0.2, 0) is 5.41 Å². The minimum Gasteiger partial charge on any atom is -0.258 e. The summed E-state index contributed by atoms with van der Waals surface area (Å²) in [6, 6.07) is 0. The largest absolute Gasteiger partial charge is 0.258 e. The minimum atomic E-state index is -0.0990. The monoisotopic (exact) mass is 308 g/mol. The summed E-state index contributed by atoms with van der Waals surface area (Å²) in [5.41, 5.74) is -0.0990. The lowest BCUT2D eigenvalue weighted by atomic mass is 9.87. The molecule has 0 saturated carbocycles. The molecule has 0 spiro atoms. The fourth-order valence-corrected chi connectivity index (χ4v) is 3.51. The molecular weight excluding hydrogens is 288 g/mol. The van der Waals surface area contributed by atoms with Crippen molar-refractivity contribution in [2.45, 2.75) is 55.9 Å². The summed E-state index contributed by atoms with van der Waals surface area (Å²) >= 11 is 15.6. The van der Waals surface area contributed by atoms with Crippen molar-refractivity contribution >= 4 is 48.8 Å². The van der Waals surface area contributed by atoms with Gasteiger partial charge in [0, 0.05) is 5.41 Å². The topological polar surface area (TPSA) is 28.7 Å². The molecule has 1 atom stereocenters. The summed E-state index contributed by atoms with van der Waals surface area (Å²) in [6.45, 7) is 4.39. The number of unbranched alkanes of at least 4 members (excludes halogenated alkanes) is 3. The van der Waals surface area contributed by atoms with Gasteiger partial charge in [-0.25, -0.2) is 0 Å². The first-order valence-corrected chi connectivity index (χ1v) is 8.18. The van der Waals surface area contributed by atoms with E-state index in [0.29, 0.717) is 0 Å². The maximum absolute atomic E-state index is 5.09. The summed E-state index contributed by atoms with van der Waals surface area (Å²) in [7, 11) is 0. The van der Waals surface area contributed by atoms with Crippen molar-refractivity contribution in [3.8, 4) is 0 Å². The average Bonchev–Trinajstić information content (AvgIpc) is 2.71. The number of rotatable bonds is 7. The Morgan fingerprint density at radius 2 is 2.12 bits per heavy atom. The van der Waals surface area contributed by atoms with Gasteiger partial charge in [0.05, 0.1) is 4.58 Å². The number of aromatic amines is 1. The van der Waals surface area contributed by atoms with E-state index in [0.717, 1.165) is 15.4 Å². The molecule has 1 heterocycles.